The molecule has 0 bridgehead atoms. The first kappa shape index (κ1) is 11.0. The Hall–Kier alpha value is -1.10. The van der Waals surface area contributed by atoms with Gasteiger partial charge in [0.05, 0.1) is 6.04 Å². The molecule has 5 heteroatoms. The largest absolute Gasteiger partial charge is 0.480 e. The summed E-state index contributed by atoms with van der Waals surface area (Å²) in [5.41, 5.74) is 11.7. The Morgan fingerprint density at radius 3 is 2.21 bits per heavy atom. The summed E-state index contributed by atoms with van der Waals surface area (Å²) in [5.74, 6) is -1.12. The first-order valence-corrected chi connectivity index (χ1v) is 4.39. The Morgan fingerprint density at radius 2 is 1.79 bits per heavy atom. The van der Waals surface area contributed by atoms with Gasteiger partial charge >= 0.3 is 5.97 Å². The summed E-state index contributed by atoms with van der Waals surface area (Å²) in [6, 6.07) is 4.79. The maximum Gasteiger partial charge on any atom is 0.322 e. The average molecular weight is 215 g/mol. The molecule has 0 spiro atoms. The second kappa shape index (κ2) is 4.41. The molecule has 0 heterocycles. The van der Waals surface area contributed by atoms with Gasteiger partial charge in [-0.05, 0) is 17.7 Å². The van der Waals surface area contributed by atoms with Crippen LogP contribution in [-0.2, 0) is 4.79 Å². The number of carboxylic acid groups (broad SMARTS) is 1. The van der Waals surface area contributed by atoms with E-state index in [1.165, 1.54) is 0 Å². The summed E-state index contributed by atoms with van der Waals surface area (Å²) < 4.78 is 0. The first-order chi connectivity index (χ1) is 6.52. The molecule has 0 aliphatic rings. The quantitative estimate of drug-likeness (QED) is 0.693. The van der Waals surface area contributed by atoms with Crippen LogP contribution in [0.5, 0.6) is 0 Å². The lowest BCUT2D eigenvalue weighted by Gasteiger charge is -2.16. The summed E-state index contributed by atoms with van der Waals surface area (Å²) in [6.45, 7) is 0. The number of benzene rings is 1. The average Bonchev–Trinajstić information content (AvgIpc) is 2.16. The van der Waals surface area contributed by atoms with Crippen molar-refractivity contribution < 1.29 is 9.90 Å². The molecular formula is C9H11ClN2O2. The van der Waals surface area contributed by atoms with Crippen molar-refractivity contribution in [2.75, 3.05) is 0 Å². The van der Waals surface area contributed by atoms with E-state index in [2.05, 4.69) is 0 Å². The maximum atomic E-state index is 10.5. The van der Waals surface area contributed by atoms with Gasteiger partial charge in [-0.15, -0.1) is 0 Å². The van der Waals surface area contributed by atoms with E-state index in [1.54, 1.807) is 24.3 Å². The van der Waals surface area contributed by atoms with E-state index in [4.69, 9.17) is 28.2 Å². The van der Waals surface area contributed by atoms with Crippen LogP contribution in [0.1, 0.15) is 11.6 Å². The molecule has 1 aromatic carbocycles. The van der Waals surface area contributed by atoms with Gasteiger partial charge in [0, 0.05) is 5.02 Å². The zero-order valence-electron chi connectivity index (χ0n) is 7.35. The predicted octanol–water partition coefficient (Wildman–Crippen LogP) is 0.752. The molecule has 1 aromatic rings. The smallest absolute Gasteiger partial charge is 0.322 e. The van der Waals surface area contributed by atoms with Gasteiger partial charge in [0.1, 0.15) is 6.04 Å². The SMILES string of the molecule is NC(C(=O)O)C(N)c1ccc(Cl)cc1. The fourth-order valence-corrected chi connectivity index (χ4v) is 1.17. The van der Waals surface area contributed by atoms with Crippen LogP contribution < -0.4 is 11.5 Å². The third-order valence-corrected chi connectivity index (χ3v) is 2.18. The molecule has 2 atom stereocenters. The molecule has 1 rings (SSSR count). The van der Waals surface area contributed by atoms with E-state index in [0.717, 1.165) is 0 Å². The number of nitrogens with two attached hydrogens (primary N) is 2. The summed E-state index contributed by atoms with van der Waals surface area (Å²) in [4.78, 5) is 10.5. The topological polar surface area (TPSA) is 89.3 Å². The molecule has 0 aromatic heterocycles. The second-order valence-corrected chi connectivity index (χ2v) is 3.38. The normalized spacial score (nSPS) is 14.8. The third-order valence-electron chi connectivity index (χ3n) is 1.93. The molecule has 0 aliphatic heterocycles. The van der Waals surface area contributed by atoms with Crippen molar-refractivity contribution in [1.29, 1.82) is 0 Å². The number of rotatable bonds is 3. The number of carboxylic acids is 1. The Labute approximate surface area is 86.5 Å². The minimum absolute atomic E-state index is 0.574. The first-order valence-electron chi connectivity index (χ1n) is 4.02. The van der Waals surface area contributed by atoms with Gasteiger partial charge in [-0.25, -0.2) is 0 Å². The van der Waals surface area contributed by atoms with Crippen LogP contribution in [0.2, 0.25) is 5.02 Å². The van der Waals surface area contributed by atoms with Crippen molar-refractivity contribution in [3.05, 3.63) is 34.9 Å². The number of carbonyl (C=O) groups is 1. The van der Waals surface area contributed by atoms with Crippen molar-refractivity contribution in [3.8, 4) is 0 Å². The van der Waals surface area contributed by atoms with Gasteiger partial charge in [-0.1, -0.05) is 23.7 Å². The van der Waals surface area contributed by atoms with E-state index >= 15 is 0 Å². The zero-order chi connectivity index (χ0) is 10.7. The van der Waals surface area contributed by atoms with Crippen LogP contribution in [0.15, 0.2) is 24.3 Å². The standard InChI is InChI=1S/C9H11ClN2O2/c10-6-3-1-5(2-4-6)7(11)8(12)9(13)14/h1-4,7-8H,11-12H2,(H,13,14). The molecule has 4 nitrogen and oxygen atoms in total. The van der Waals surface area contributed by atoms with Crippen LogP contribution in [0.3, 0.4) is 0 Å². The Kier molecular flexibility index (Phi) is 3.46. The molecule has 0 saturated carbocycles. The van der Waals surface area contributed by atoms with Crippen LogP contribution >= 0.6 is 11.6 Å². The molecule has 0 radical (unpaired) electrons. The van der Waals surface area contributed by atoms with Crippen molar-refractivity contribution in [2.45, 2.75) is 12.1 Å². The summed E-state index contributed by atoms with van der Waals surface area (Å²) in [6.07, 6.45) is 0. The highest BCUT2D eigenvalue weighted by Crippen LogP contribution is 2.16. The molecule has 2 unspecified atom stereocenters. The fraction of sp³-hybridized carbons (Fsp3) is 0.222. The Balaban J connectivity index is 2.84. The summed E-state index contributed by atoms with van der Waals surface area (Å²) in [5, 5.41) is 9.21. The van der Waals surface area contributed by atoms with Crippen molar-refractivity contribution in [1.82, 2.24) is 0 Å². The van der Waals surface area contributed by atoms with Crippen molar-refractivity contribution >= 4 is 17.6 Å². The molecule has 0 amide bonds. The lowest BCUT2D eigenvalue weighted by atomic mass is 10.0. The van der Waals surface area contributed by atoms with Crippen molar-refractivity contribution in [3.63, 3.8) is 0 Å². The zero-order valence-corrected chi connectivity index (χ0v) is 8.11. The van der Waals surface area contributed by atoms with Gasteiger partial charge in [-0.2, -0.15) is 0 Å². The van der Waals surface area contributed by atoms with Gasteiger partial charge in [0.25, 0.3) is 0 Å². The molecular weight excluding hydrogens is 204 g/mol. The summed E-state index contributed by atoms with van der Waals surface area (Å²) >= 11 is 5.67. The van der Waals surface area contributed by atoms with E-state index < -0.39 is 18.1 Å². The highest BCUT2D eigenvalue weighted by atomic mass is 35.5. The van der Waals surface area contributed by atoms with Crippen LogP contribution in [0.4, 0.5) is 0 Å². The molecule has 14 heavy (non-hydrogen) atoms. The number of halogens is 1. The highest BCUT2D eigenvalue weighted by Gasteiger charge is 2.21. The number of hydrogen-bond donors (Lipinski definition) is 3. The predicted molar refractivity (Wildman–Crippen MR) is 54.0 cm³/mol. The monoisotopic (exact) mass is 214 g/mol. The molecule has 0 fully saturated rings. The Morgan fingerprint density at radius 1 is 1.29 bits per heavy atom. The van der Waals surface area contributed by atoms with E-state index in [0.29, 0.717) is 10.6 Å². The fourth-order valence-electron chi connectivity index (χ4n) is 1.05. The van der Waals surface area contributed by atoms with Crippen LogP contribution in [0, 0.1) is 0 Å². The van der Waals surface area contributed by atoms with Crippen LogP contribution in [0.25, 0.3) is 0 Å². The van der Waals surface area contributed by atoms with Gasteiger partial charge < -0.3 is 16.6 Å². The summed E-state index contributed by atoms with van der Waals surface area (Å²) in [7, 11) is 0. The number of hydrogen-bond acceptors (Lipinski definition) is 3. The molecule has 0 saturated heterocycles. The minimum atomic E-state index is -1.12. The molecule has 76 valence electrons. The van der Waals surface area contributed by atoms with Gasteiger partial charge in [-0.3, -0.25) is 4.79 Å². The second-order valence-electron chi connectivity index (χ2n) is 2.94. The number of aliphatic carboxylic acids is 1. The lowest BCUT2D eigenvalue weighted by molar-refractivity contribution is -0.139. The van der Waals surface area contributed by atoms with E-state index in [-0.39, 0.29) is 0 Å². The van der Waals surface area contributed by atoms with E-state index in [9.17, 15) is 4.79 Å². The van der Waals surface area contributed by atoms with E-state index in [1.807, 2.05) is 0 Å². The Bertz CT molecular complexity index is 326. The minimum Gasteiger partial charge on any atom is -0.480 e. The lowest BCUT2D eigenvalue weighted by Crippen LogP contribution is -2.40. The van der Waals surface area contributed by atoms with Gasteiger partial charge in [0.2, 0.25) is 0 Å². The van der Waals surface area contributed by atoms with Crippen LogP contribution in [-0.4, -0.2) is 17.1 Å². The third kappa shape index (κ3) is 2.45. The highest BCUT2D eigenvalue weighted by molar-refractivity contribution is 6.30. The molecule has 5 N–H and O–H groups in total. The molecule has 0 aliphatic carbocycles. The van der Waals surface area contributed by atoms with Crippen molar-refractivity contribution in [2.24, 2.45) is 11.5 Å². The maximum absolute atomic E-state index is 10.5. The van der Waals surface area contributed by atoms with Gasteiger partial charge in [0.15, 0.2) is 0 Å².